The minimum atomic E-state index is -0.201. The fraction of sp³-hybridized carbons (Fsp3) is 0.438. The van der Waals surface area contributed by atoms with Crippen LogP contribution in [0.5, 0.6) is 0 Å². The number of carbonyl (C=O) groups excluding carboxylic acids is 1. The number of hydrogen-bond acceptors (Lipinski definition) is 2. The molecule has 2 unspecified atom stereocenters. The second-order valence-corrected chi connectivity index (χ2v) is 5.53. The molecule has 1 saturated carbocycles. The Morgan fingerprint density at radius 3 is 2.70 bits per heavy atom. The smallest absolute Gasteiger partial charge is 0.222 e. The van der Waals surface area contributed by atoms with Crippen LogP contribution in [0.2, 0.25) is 5.02 Å². The van der Waals surface area contributed by atoms with Crippen LogP contribution in [-0.4, -0.2) is 18.5 Å². The van der Waals surface area contributed by atoms with Crippen molar-refractivity contribution in [1.29, 1.82) is 0 Å². The highest BCUT2D eigenvalue weighted by Crippen LogP contribution is 2.23. The third-order valence-electron chi connectivity index (χ3n) is 3.66. The third kappa shape index (κ3) is 4.26. The van der Waals surface area contributed by atoms with E-state index in [2.05, 4.69) is 17.2 Å². The summed E-state index contributed by atoms with van der Waals surface area (Å²) in [7, 11) is 0. The van der Waals surface area contributed by atoms with E-state index < -0.39 is 0 Å². The molecule has 106 valence electrons. The number of hydrogen-bond donors (Lipinski definition) is 2. The van der Waals surface area contributed by atoms with Crippen molar-refractivity contribution in [2.45, 2.75) is 31.7 Å². The highest BCUT2D eigenvalue weighted by molar-refractivity contribution is 6.30. The van der Waals surface area contributed by atoms with E-state index in [1.165, 1.54) is 0 Å². The van der Waals surface area contributed by atoms with Crippen LogP contribution in [0.15, 0.2) is 24.3 Å². The fourth-order valence-electron chi connectivity index (χ4n) is 2.58. The van der Waals surface area contributed by atoms with Gasteiger partial charge >= 0.3 is 0 Å². The lowest BCUT2D eigenvalue weighted by atomic mass is 9.84. The lowest BCUT2D eigenvalue weighted by Crippen LogP contribution is -2.44. The molecule has 1 amide bonds. The van der Waals surface area contributed by atoms with E-state index in [4.69, 9.17) is 17.3 Å². The molecule has 3 N–H and O–H groups in total. The SMILES string of the molecule is NC(=O)C1CCCCC1NCC#Cc1ccc(Cl)cc1. The van der Waals surface area contributed by atoms with Crippen molar-refractivity contribution in [3.05, 3.63) is 34.9 Å². The van der Waals surface area contributed by atoms with Crippen molar-refractivity contribution in [3.8, 4) is 11.8 Å². The highest BCUT2D eigenvalue weighted by Gasteiger charge is 2.28. The van der Waals surface area contributed by atoms with Crippen LogP contribution in [0, 0.1) is 17.8 Å². The van der Waals surface area contributed by atoms with E-state index >= 15 is 0 Å². The van der Waals surface area contributed by atoms with Gasteiger partial charge in [0.15, 0.2) is 0 Å². The number of nitrogens with one attached hydrogen (secondary N) is 1. The van der Waals surface area contributed by atoms with Gasteiger partial charge in [0.1, 0.15) is 0 Å². The first kappa shape index (κ1) is 14.9. The second kappa shape index (κ2) is 7.33. The Balaban J connectivity index is 1.86. The lowest BCUT2D eigenvalue weighted by Gasteiger charge is -2.29. The van der Waals surface area contributed by atoms with Crippen LogP contribution in [0.1, 0.15) is 31.2 Å². The normalized spacial score (nSPS) is 21.9. The van der Waals surface area contributed by atoms with E-state index in [-0.39, 0.29) is 17.9 Å². The van der Waals surface area contributed by atoms with Gasteiger partial charge in [0.2, 0.25) is 5.91 Å². The molecule has 3 nitrogen and oxygen atoms in total. The molecule has 4 heteroatoms. The Kier molecular flexibility index (Phi) is 5.46. The third-order valence-corrected chi connectivity index (χ3v) is 3.91. The maximum Gasteiger partial charge on any atom is 0.222 e. The summed E-state index contributed by atoms with van der Waals surface area (Å²) in [6.07, 6.45) is 4.11. The number of amides is 1. The van der Waals surface area contributed by atoms with Crippen LogP contribution in [0.25, 0.3) is 0 Å². The average molecular weight is 291 g/mol. The Morgan fingerprint density at radius 1 is 1.30 bits per heavy atom. The molecule has 2 rings (SSSR count). The van der Waals surface area contributed by atoms with Gasteiger partial charge in [-0.1, -0.05) is 36.3 Å². The molecule has 1 aliphatic carbocycles. The number of halogens is 1. The molecule has 20 heavy (non-hydrogen) atoms. The van der Waals surface area contributed by atoms with Crippen molar-refractivity contribution in [2.24, 2.45) is 11.7 Å². The van der Waals surface area contributed by atoms with E-state index in [0.717, 1.165) is 31.2 Å². The molecule has 1 aliphatic rings. The summed E-state index contributed by atoms with van der Waals surface area (Å²) in [5.74, 6) is 5.88. The van der Waals surface area contributed by atoms with E-state index in [1.54, 1.807) is 0 Å². The molecule has 0 aliphatic heterocycles. The number of primary amides is 1. The topological polar surface area (TPSA) is 55.1 Å². The number of rotatable bonds is 3. The summed E-state index contributed by atoms with van der Waals surface area (Å²) in [4.78, 5) is 11.4. The maximum absolute atomic E-state index is 11.4. The van der Waals surface area contributed by atoms with Crippen LogP contribution in [-0.2, 0) is 4.79 Å². The van der Waals surface area contributed by atoms with E-state index in [1.807, 2.05) is 24.3 Å². The van der Waals surface area contributed by atoms with Gasteiger partial charge in [-0.25, -0.2) is 0 Å². The Hall–Kier alpha value is -1.50. The van der Waals surface area contributed by atoms with Crippen molar-refractivity contribution < 1.29 is 4.79 Å². The summed E-state index contributed by atoms with van der Waals surface area (Å²) in [5.41, 5.74) is 6.38. The predicted octanol–water partition coefficient (Wildman–Crippen LogP) is 2.33. The van der Waals surface area contributed by atoms with Crippen LogP contribution in [0.4, 0.5) is 0 Å². The molecular weight excluding hydrogens is 272 g/mol. The zero-order chi connectivity index (χ0) is 14.4. The molecular formula is C16H19ClN2O. The summed E-state index contributed by atoms with van der Waals surface area (Å²) < 4.78 is 0. The standard InChI is InChI=1S/C16H19ClN2O/c17-13-9-7-12(8-10-13)4-3-11-19-15-6-2-1-5-14(15)16(18)20/h7-10,14-15,19H,1-2,5-6,11H2,(H2,18,20). The fourth-order valence-corrected chi connectivity index (χ4v) is 2.70. The van der Waals surface area contributed by atoms with Gasteiger partial charge in [-0.3, -0.25) is 4.79 Å². The van der Waals surface area contributed by atoms with Gasteiger partial charge in [-0.15, -0.1) is 0 Å². The van der Waals surface area contributed by atoms with Gasteiger partial charge in [-0.2, -0.15) is 0 Å². The van der Waals surface area contributed by atoms with E-state index in [9.17, 15) is 4.79 Å². The second-order valence-electron chi connectivity index (χ2n) is 5.09. The molecule has 1 fully saturated rings. The molecule has 0 heterocycles. The number of nitrogens with two attached hydrogens (primary N) is 1. The van der Waals surface area contributed by atoms with E-state index in [0.29, 0.717) is 11.6 Å². The Bertz CT molecular complexity index is 516. The summed E-state index contributed by atoms with van der Waals surface area (Å²) >= 11 is 5.82. The minimum Gasteiger partial charge on any atom is -0.369 e. The van der Waals surface area contributed by atoms with Gasteiger partial charge < -0.3 is 11.1 Å². The van der Waals surface area contributed by atoms with Gasteiger partial charge in [0.25, 0.3) is 0 Å². The number of benzene rings is 1. The largest absolute Gasteiger partial charge is 0.369 e. The highest BCUT2D eigenvalue weighted by atomic mass is 35.5. The molecule has 0 saturated heterocycles. The van der Waals surface area contributed by atoms with Gasteiger partial charge in [0.05, 0.1) is 12.5 Å². The minimum absolute atomic E-state index is 0.0546. The van der Waals surface area contributed by atoms with Gasteiger partial charge in [-0.05, 0) is 37.1 Å². The first-order valence-corrected chi connectivity index (χ1v) is 7.32. The Labute approximate surface area is 124 Å². The predicted molar refractivity (Wildman–Crippen MR) is 81.3 cm³/mol. The Morgan fingerprint density at radius 2 is 2.00 bits per heavy atom. The van der Waals surface area contributed by atoms with Crippen LogP contribution in [0.3, 0.4) is 0 Å². The number of carbonyl (C=O) groups is 1. The zero-order valence-corrected chi connectivity index (χ0v) is 12.1. The van der Waals surface area contributed by atoms with Gasteiger partial charge in [0, 0.05) is 16.6 Å². The summed E-state index contributed by atoms with van der Waals surface area (Å²) in [6.45, 7) is 0.567. The molecule has 0 aromatic heterocycles. The molecule has 0 spiro atoms. The summed E-state index contributed by atoms with van der Waals surface area (Å²) in [6, 6.07) is 7.59. The summed E-state index contributed by atoms with van der Waals surface area (Å²) in [5, 5.41) is 4.04. The van der Waals surface area contributed by atoms with Crippen LogP contribution < -0.4 is 11.1 Å². The molecule has 0 radical (unpaired) electrons. The van der Waals surface area contributed by atoms with Crippen molar-refractivity contribution >= 4 is 17.5 Å². The van der Waals surface area contributed by atoms with Crippen molar-refractivity contribution in [1.82, 2.24) is 5.32 Å². The zero-order valence-electron chi connectivity index (χ0n) is 11.4. The molecule has 1 aromatic carbocycles. The maximum atomic E-state index is 11.4. The lowest BCUT2D eigenvalue weighted by molar-refractivity contribution is -0.123. The molecule has 1 aromatic rings. The first-order chi connectivity index (χ1) is 9.66. The van der Waals surface area contributed by atoms with Crippen molar-refractivity contribution in [3.63, 3.8) is 0 Å². The average Bonchev–Trinajstić information content (AvgIpc) is 2.46. The monoisotopic (exact) mass is 290 g/mol. The van der Waals surface area contributed by atoms with Crippen LogP contribution >= 0.6 is 11.6 Å². The quantitative estimate of drug-likeness (QED) is 0.840. The molecule has 0 bridgehead atoms. The first-order valence-electron chi connectivity index (χ1n) is 6.94. The molecule has 2 atom stereocenters. The van der Waals surface area contributed by atoms with Crippen molar-refractivity contribution in [2.75, 3.05) is 6.54 Å².